The van der Waals surface area contributed by atoms with Gasteiger partial charge in [0.05, 0.1) is 5.39 Å². The van der Waals surface area contributed by atoms with Gasteiger partial charge in [-0.15, -0.1) is 0 Å². The van der Waals surface area contributed by atoms with E-state index in [2.05, 4.69) is 0 Å². The standard InChI is InChI=1S/C8H6O2/c1-4-2-3-5(9)7-6(4)8(7)10/h2-3,9H,1H3. The van der Waals surface area contributed by atoms with Gasteiger partial charge in [-0.3, -0.25) is 4.79 Å². The lowest BCUT2D eigenvalue weighted by Gasteiger charge is -1.86. The Kier molecular flexibility index (Phi) is 0.765. The summed E-state index contributed by atoms with van der Waals surface area (Å²) in [7, 11) is 0. The lowest BCUT2D eigenvalue weighted by molar-refractivity contribution is 0.482. The average Bonchev–Trinajstić information content (AvgIpc) is 2.55. The highest BCUT2D eigenvalue weighted by Gasteiger charge is 2.17. The molecule has 0 bridgehead atoms. The summed E-state index contributed by atoms with van der Waals surface area (Å²) in [5, 5.41) is 10.3. The van der Waals surface area contributed by atoms with Crippen LogP contribution in [-0.4, -0.2) is 5.11 Å². The Morgan fingerprint density at radius 2 is 2.00 bits per heavy atom. The Balaban J connectivity index is 2.95. The summed E-state index contributed by atoms with van der Waals surface area (Å²) < 4.78 is 0. The minimum Gasteiger partial charge on any atom is -0.507 e. The Bertz CT molecular complexity index is 369. The van der Waals surface area contributed by atoms with E-state index in [1.807, 2.05) is 6.92 Å². The summed E-state index contributed by atoms with van der Waals surface area (Å²) in [6.45, 7) is 1.86. The molecule has 2 aromatic carbocycles. The summed E-state index contributed by atoms with van der Waals surface area (Å²) in [6.07, 6.45) is 0. The van der Waals surface area contributed by atoms with E-state index in [1.165, 1.54) is 0 Å². The molecule has 0 radical (unpaired) electrons. The lowest BCUT2D eigenvalue weighted by atomic mass is 10.2. The maximum Gasteiger partial charge on any atom is 0.198 e. The molecule has 0 unspecified atom stereocenters. The number of fused-ring (bicyclic) bond motifs is 1. The van der Waals surface area contributed by atoms with E-state index in [9.17, 15) is 4.79 Å². The fourth-order valence-electron chi connectivity index (χ4n) is 1.16. The van der Waals surface area contributed by atoms with Crippen LogP contribution in [0.5, 0.6) is 5.75 Å². The van der Waals surface area contributed by atoms with E-state index in [0.717, 1.165) is 5.56 Å². The van der Waals surface area contributed by atoms with Gasteiger partial charge in [-0.05, 0) is 18.6 Å². The molecular weight excluding hydrogens is 128 g/mol. The molecule has 0 saturated carbocycles. The molecule has 2 aromatic rings. The normalized spacial score (nSPS) is 11.3. The zero-order chi connectivity index (χ0) is 7.30. The molecule has 0 amide bonds. The van der Waals surface area contributed by atoms with Gasteiger partial charge >= 0.3 is 0 Å². The number of phenols is 1. The second-order valence-corrected chi connectivity index (χ2v) is 2.48. The maximum atomic E-state index is 10.8. The van der Waals surface area contributed by atoms with Crippen LogP contribution in [0.2, 0.25) is 0 Å². The zero-order valence-electron chi connectivity index (χ0n) is 5.51. The van der Waals surface area contributed by atoms with Crippen LogP contribution in [0.15, 0.2) is 16.9 Å². The van der Waals surface area contributed by atoms with Crippen molar-refractivity contribution in [3.63, 3.8) is 0 Å². The zero-order valence-corrected chi connectivity index (χ0v) is 5.51. The van der Waals surface area contributed by atoms with Gasteiger partial charge in [0.2, 0.25) is 0 Å². The van der Waals surface area contributed by atoms with E-state index in [1.54, 1.807) is 12.1 Å². The topological polar surface area (TPSA) is 37.3 Å². The van der Waals surface area contributed by atoms with E-state index in [0.29, 0.717) is 10.8 Å². The number of hydrogen-bond acceptors (Lipinski definition) is 2. The Hall–Kier alpha value is -1.31. The second kappa shape index (κ2) is 1.40. The summed E-state index contributed by atoms with van der Waals surface area (Å²) in [5.41, 5.74) is 0.956. The maximum absolute atomic E-state index is 10.8. The number of aromatic hydroxyl groups is 1. The number of hydrogen-bond donors (Lipinski definition) is 1. The van der Waals surface area contributed by atoms with E-state index < -0.39 is 0 Å². The van der Waals surface area contributed by atoms with Crippen molar-refractivity contribution in [2.75, 3.05) is 0 Å². The van der Waals surface area contributed by atoms with E-state index >= 15 is 0 Å². The van der Waals surface area contributed by atoms with Crippen molar-refractivity contribution in [3.05, 3.63) is 27.9 Å². The predicted octanol–water partition coefficient (Wildman–Crippen LogP) is 1.09. The summed E-state index contributed by atoms with van der Waals surface area (Å²) in [5.74, 6) is 0.116. The molecule has 0 heterocycles. The molecule has 1 N–H and O–H groups in total. The quantitative estimate of drug-likeness (QED) is 0.585. The Labute approximate surface area is 57.4 Å². The first-order chi connectivity index (χ1) is 4.72. The molecule has 2 rings (SSSR count). The molecular formula is C8H6O2. The van der Waals surface area contributed by atoms with Crippen molar-refractivity contribution in [2.24, 2.45) is 0 Å². The fraction of sp³-hybridized carbons (Fsp3) is 0.125. The SMILES string of the molecule is Cc1ccc(O)c2c(=O)c12. The minimum absolute atomic E-state index is 0.000000000000000222. The molecule has 0 aliphatic carbocycles. The molecule has 0 saturated heterocycles. The molecule has 0 aliphatic rings. The molecule has 50 valence electrons. The first-order valence-electron chi connectivity index (χ1n) is 3.09. The van der Waals surface area contributed by atoms with Crippen LogP contribution in [0.25, 0.3) is 10.8 Å². The molecule has 0 atom stereocenters. The van der Waals surface area contributed by atoms with Crippen LogP contribution >= 0.6 is 0 Å². The predicted molar refractivity (Wildman–Crippen MR) is 39.0 cm³/mol. The van der Waals surface area contributed by atoms with Gasteiger partial charge in [0.15, 0.2) is 5.43 Å². The smallest absolute Gasteiger partial charge is 0.198 e. The number of aryl methyl sites for hydroxylation is 1. The van der Waals surface area contributed by atoms with Crippen LogP contribution in [0, 0.1) is 6.92 Å². The van der Waals surface area contributed by atoms with Crippen molar-refractivity contribution in [1.82, 2.24) is 0 Å². The highest BCUT2D eigenvalue weighted by Crippen LogP contribution is 2.28. The van der Waals surface area contributed by atoms with E-state index in [4.69, 9.17) is 5.11 Å². The summed E-state index contributed by atoms with van der Waals surface area (Å²) in [6, 6.07) is 3.30. The van der Waals surface area contributed by atoms with Gasteiger partial charge in [-0.1, -0.05) is 6.07 Å². The van der Waals surface area contributed by atoms with Crippen molar-refractivity contribution < 1.29 is 5.11 Å². The number of phenolic OH excluding ortho intramolecular Hbond substituents is 1. The third-order valence-corrected chi connectivity index (χ3v) is 1.78. The van der Waals surface area contributed by atoms with Crippen molar-refractivity contribution in [1.29, 1.82) is 0 Å². The summed E-state index contributed by atoms with van der Waals surface area (Å²) >= 11 is 0. The van der Waals surface area contributed by atoms with E-state index in [-0.39, 0.29) is 11.2 Å². The van der Waals surface area contributed by atoms with Crippen LogP contribution in [0.4, 0.5) is 0 Å². The van der Waals surface area contributed by atoms with Gasteiger partial charge < -0.3 is 5.11 Å². The third-order valence-electron chi connectivity index (χ3n) is 1.78. The van der Waals surface area contributed by atoms with Gasteiger partial charge in [-0.25, -0.2) is 0 Å². The van der Waals surface area contributed by atoms with Crippen molar-refractivity contribution >= 4 is 10.8 Å². The van der Waals surface area contributed by atoms with Gasteiger partial charge in [0.1, 0.15) is 5.75 Å². The highest BCUT2D eigenvalue weighted by atomic mass is 16.3. The monoisotopic (exact) mass is 134 g/mol. The molecule has 0 aromatic heterocycles. The molecule has 0 spiro atoms. The van der Waals surface area contributed by atoms with Gasteiger partial charge in [0.25, 0.3) is 0 Å². The Morgan fingerprint density at radius 3 is 2.60 bits per heavy atom. The number of benzene rings is 1. The molecule has 0 fully saturated rings. The van der Waals surface area contributed by atoms with Crippen molar-refractivity contribution in [2.45, 2.75) is 6.92 Å². The van der Waals surface area contributed by atoms with Crippen LogP contribution in [0.1, 0.15) is 5.56 Å². The van der Waals surface area contributed by atoms with Crippen molar-refractivity contribution in [3.8, 4) is 5.75 Å². The summed E-state index contributed by atoms with van der Waals surface area (Å²) in [4.78, 5) is 10.8. The first kappa shape index (κ1) is 5.47. The Morgan fingerprint density at radius 1 is 1.30 bits per heavy atom. The van der Waals surface area contributed by atoms with Crippen LogP contribution < -0.4 is 5.43 Å². The largest absolute Gasteiger partial charge is 0.507 e. The average molecular weight is 134 g/mol. The van der Waals surface area contributed by atoms with Crippen LogP contribution in [0.3, 0.4) is 0 Å². The fourth-order valence-corrected chi connectivity index (χ4v) is 1.16. The molecule has 2 heteroatoms. The molecule has 2 nitrogen and oxygen atoms in total. The second-order valence-electron chi connectivity index (χ2n) is 2.48. The molecule has 0 aliphatic heterocycles. The van der Waals surface area contributed by atoms with Gasteiger partial charge in [-0.2, -0.15) is 0 Å². The lowest BCUT2D eigenvalue weighted by Crippen LogP contribution is -1.70. The minimum atomic E-state index is 0.000000000000000222. The number of rotatable bonds is 0. The third kappa shape index (κ3) is 0.460. The first-order valence-corrected chi connectivity index (χ1v) is 3.09. The van der Waals surface area contributed by atoms with Crippen LogP contribution in [-0.2, 0) is 0 Å². The van der Waals surface area contributed by atoms with Gasteiger partial charge in [0, 0.05) is 5.39 Å². The molecule has 10 heavy (non-hydrogen) atoms. The highest BCUT2D eigenvalue weighted by molar-refractivity contribution is 6.04.